The summed E-state index contributed by atoms with van der Waals surface area (Å²) in [7, 11) is 0. The molecular formula is C20H16ClFN2O3. The van der Waals surface area contributed by atoms with E-state index in [9.17, 15) is 14.0 Å². The molecule has 0 radical (unpaired) electrons. The van der Waals surface area contributed by atoms with Gasteiger partial charge < -0.3 is 9.64 Å². The van der Waals surface area contributed by atoms with Crippen molar-refractivity contribution in [2.24, 2.45) is 0 Å². The van der Waals surface area contributed by atoms with Crippen LogP contribution in [0.3, 0.4) is 0 Å². The van der Waals surface area contributed by atoms with E-state index in [0.29, 0.717) is 31.4 Å². The number of likely N-dealkylation sites (tertiary alicyclic amines) is 1. The Morgan fingerprint density at radius 2 is 2.07 bits per heavy atom. The number of fused-ring (bicyclic) bond motifs is 2. The summed E-state index contributed by atoms with van der Waals surface area (Å²) >= 11 is 6.22. The third-order valence-corrected chi connectivity index (χ3v) is 6.25. The van der Waals surface area contributed by atoms with Gasteiger partial charge in [0.15, 0.2) is 5.60 Å². The van der Waals surface area contributed by atoms with E-state index in [-0.39, 0.29) is 23.0 Å². The molecule has 1 aliphatic carbocycles. The van der Waals surface area contributed by atoms with Gasteiger partial charge in [-0.25, -0.2) is 9.18 Å². The molecule has 1 spiro atoms. The molecule has 7 heteroatoms. The molecule has 5 rings (SSSR count). The van der Waals surface area contributed by atoms with Crippen molar-refractivity contribution < 1.29 is 18.7 Å². The van der Waals surface area contributed by atoms with Crippen LogP contribution in [0.1, 0.15) is 40.7 Å². The summed E-state index contributed by atoms with van der Waals surface area (Å²) in [5, 5.41) is 0.276. The van der Waals surface area contributed by atoms with Gasteiger partial charge in [0.05, 0.1) is 17.5 Å². The molecule has 1 unspecified atom stereocenters. The van der Waals surface area contributed by atoms with E-state index in [4.69, 9.17) is 16.3 Å². The van der Waals surface area contributed by atoms with Crippen LogP contribution in [0.5, 0.6) is 0 Å². The maximum atomic E-state index is 14.4. The fraction of sp³-hybridized carbons (Fsp3) is 0.350. The fourth-order valence-electron chi connectivity index (χ4n) is 4.45. The van der Waals surface area contributed by atoms with Crippen molar-refractivity contribution >= 4 is 23.5 Å². The molecular weight excluding hydrogens is 371 g/mol. The van der Waals surface area contributed by atoms with Crippen LogP contribution in [0.15, 0.2) is 36.7 Å². The SMILES string of the molecule is O=C1OC2(CCN(C(=O)C3(c4c(F)cccc4Cl)CC3)C2)c2ccncc21. The molecule has 0 bridgehead atoms. The Hall–Kier alpha value is -2.47. The van der Waals surface area contributed by atoms with Crippen LogP contribution in [0.4, 0.5) is 4.39 Å². The second-order valence-electron chi connectivity index (χ2n) is 7.46. The van der Waals surface area contributed by atoms with Crippen molar-refractivity contribution in [3.8, 4) is 0 Å². The third-order valence-electron chi connectivity index (χ3n) is 5.94. The van der Waals surface area contributed by atoms with Gasteiger partial charge in [-0.05, 0) is 31.0 Å². The lowest BCUT2D eigenvalue weighted by atomic mass is 9.92. The molecule has 1 amide bonds. The average molecular weight is 387 g/mol. The van der Waals surface area contributed by atoms with E-state index in [1.54, 1.807) is 23.2 Å². The van der Waals surface area contributed by atoms with Crippen LogP contribution in [-0.4, -0.2) is 34.8 Å². The molecule has 3 heterocycles. The Bertz CT molecular complexity index is 971. The number of carbonyl (C=O) groups is 2. The minimum Gasteiger partial charge on any atom is -0.449 e. The molecule has 1 saturated heterocycles. The van der Waals surface area contributed by atoms with Crippen LogP contribution in [-0.2, 0) is 20.5 Å². The predicted molar refractivity (Wildman–Crippen MR) is 94.8 cm³/mol. The molecule has 2 aliphatic heterocycles. The number of hydrogen-bond donors (Lipinski definition) is 0. The number of nitrogens with zero attached hydrogens (tertiary/aromatic N) is 2. The van der Waals surface area contributed by atoms with Crippen LogP contribution in [0, 0.1) is 5.82 Å². The second-order valence-corrected chi connectivity index (χ2v) is 7.87. The van der Waals surface area contributed by atoms with E-state index in [0.717, 1.165) is 5.56 Å². The minimum absolute atomic E-state index is 0.148. The van der Waals surface area contributed by atoms with Crippen LogP contribution >= 0.6 is 11.6 Å². The Morgan fingerprint density at radius 1 is 1.26 bits per heavy atom. The van der Waals surface area contributed by atoms with E-state index in [2.05, 4.69) is 4.98 Å². The fourth-order valence-corrected chi connectivity index (χ4v) is 4.80. The van der Waals surface area contributed by atoms with Crippen molar-refractivity contribution in [1.29, 1.82) is 0 Å². The highest BCUT2D eigenvalue weighted by Crippen LogP contribution is 2.54. The van der Waals surface area contributed by atoms with E-state index in [1.807, 2.05) is 0 Å². The Balaban J connectivity index is 1.47. The summed E-state index contributed by atoms with van der Waals surface area (Å²) in [6, 6.07) is 6.26. The lowest BCUT2D eigenvalue weighted by molar-refractivity contribution is -0.134. The monoisotopic (exact) mass is 386 g/mol. The predicted octanol–water partition coefficient (Wildman–Crippen LogP) is 3.20. The van der Waals surface area contributed by atoms with Crippen LogP contribution < -0.4 is 0 Å². The summed E-state index contributed by atoms with van der Waals surface area (Å²) in [5.74, 6) is -1.01. The second kappa shape index (κ2) is 5.52. The van der Waals surface area contributed by atoms with Crippen molar-refractivity contribution in [3.63, 3.8) is 0 Å². The Kier molecular flexibility index (Phi) is 3.41. The summed E-state index contributed by atoms with van der Waals surface area (Å²) < 4.78 is 20.1. The molecule has 0 N–H and O–H groups in total. The zero-order valence-electron chi connectivity index (χ0n) is 14.4. The van der Waals surface area contributed by atoms with Crippen molar-refractivity contribution in [1.82, 2.24) is 9.88 Å². The molecule has 1 atom stereocenters. The number of esters is 1. The van der Waals surface area contributed by atoms with Gasteiger partial charge >= 0.3 is 5.97 Å². The van der Waals surface area contributed by atoms with Gasteiger partial charge in [-0.2, -0.15) is 0 Å². The summed E-state index contributed by atoms with van der Waals surface area (Å²) in [6.45, 7) is 0.712. The van der Waals surface area contributed by atoms with Gasteiger partial charge in [-0.3, -0.25) is 9.78 Å². The lowest BCUT2D eigenvalue weighted by Gasteiger charge is -2.27. The first kappa shape index (κ1) is 16.7. The first-order chi connectivity index (χ1) is 13.0. The van der Waals surface area contributed by atoms with Gasteiger partial charge in [-0.15, -0.1) is 0 Å². The first-order valence-electron chi connectivity index (χ1n) is 8.89. The van der Waals surface area contributed by atoms with Crippen LogP contribution in [0.25, 0.3) is 0 Å². The van der Waals surface area contributed by atoms with E-state index < -0.39 is 22.8 Å². The molecule has 3 aliphatic rings. The maximum Gasteiger partial charge on any atom is 0.341 e. The van der Waals surface area contributed by atoms with Gasteiger partial charge in [0.2, 0.25) is 5.91 Å². The lowest BCUT2D eigenvalue weighted by Crippen LogP contribution is -2.41. The van der Waals surface area contributed by atoms with Crippen molar-refractivity contribution in [2.45, 2.75) is 30.3 Å². The zero-order valence-corrected chi connectivity index (χ0v) is 15.1. The molecule has 5 nitrogen and oxygen atoms in total. The number of pyridine rings is 1. The number of carbonyl (C=O) groups excluding carboxylic acids is 2. The zero-order chi connectivity index (χ0) is 18.8. The van der Waals surface area contributed by atoms with Crippen molar-refractivity contribution in [3.05, 3.63) is 64.2 Å². The number of benzene rings is 1. The largest absolute Gasteiger partial charge is 0.449 e. The molecule has 2 fully saturated rings. The quantitative estimate of drug-likeness (QED) is 0.744. The van der Waals surface area contributed by atoms with Crippen molar-refractivity contribution in [2.75, 3.05) is 13.1 Å². The maximum absolute atomic E-state index is 14.4. The van der Waals surface area contributed by atoms with Crippen LogP contribution in [0.2, 0.25) is 5.02 Å². The van der Waals surface area contributed by atoms with Gasteiger partial charge in [0.25, 0.3) is 0 Å². The topological polar surface area (TPSA) is 59.5 Å². The number of halogens is 2. The standard InChI is InChI=1S/C20H16ClFN2O3/c21-14-2-1-3-15(22)16(14)19(5-6-19)18(26)24-9-7-20(11-24)13-4-8-23-10-12(13)17(25)27-20/h1-4,8,10H,5-7,9,11H2. The molecule has 138 valence electrons. The Labute approximate surface area is 160 Å². The number of aromatic nitrogens is 1. The summed E-state index contributed by atoms with van der Waals surface area (Å²) in [6.07, 6.45) is 4.77. The highest BCUT2D eigenvalue weighted by atomic mass is 35.5. The van der Waals surface area contributed by atoms with E-state index in [1.165, 1.54) is 18.3 Å². The average Bonchev–Trinajstić information content (AvgIpc) is 3.26. The molecule has 1 aromatic carbocycles. The third kappa shape index (κ3) is 2.26. The molecule has 1 aromatic heterocycles. The molecule has 1 saturated carbocycles. The highest BCUT2D eigenvalue weighted by molar-refractivity contribution is 6.32. The first-order valence-corrected chi connectivity index (χ1v) is 9.26. The van der Waals surface area contributed by atoms with Gasteiger partial charge in [0.1, 0.15) is 5.82 Å². The number of ether oxygens (including phenoxy) is 1. The Morgan fingerprint density at radius 3 is 2.81 bits per heavy atom. The number of rotatable bonds is 2. The normalized spacial score (nSPS) is 24.8. The number of hydrogen-bond acceptors (Lipinski definition) is 4. The summed E-state index contributed by atoms with van der Waals surface area (Å²) in [4.78, 5) is 31.2. The highest BCUT2D eigenvalue weighted by Gasteiger charge is 2.59. The summed E-state index contributed by atoms with van der Waals surface area (Å²) in [5.41, 5.74) is -0.236. The van der Waals surface area contributed by atoms with E-state index >= 15 is 0 Å². The minimum atomic E-state index is -0.905. The molecule has 2 aromatic rings. The van der Waals surface area contributed by atoms with Gasteiger partial charge in [0, 0.05) is 41.5 Å². The molecule has 27 heavy (non-hydrogen) atoms. The number of amides is 1. The smallest absolute Gasteiger partial charge is 0.341 e. The van der Waals surface area contributed by atoms with Gasteiger partial charge in [-0.1, -0.05) is 17.7 Å².